The second kappa shape index (κ2) is 3.98. The summed E-state index contributed by atoms with van der Waals surface area (Å²) in [7, 11) is 0. The van der Waals surface area contributed by atoms with Gasteiger partial charge in [-0.05, 0) is 12.0 Å². The summed E-state index contributed by atoms with van der Waals surface area (Å²) in [4.78, 5) is 11.2. The Morgan fingerprint density at radius 2 is 2.07 bits per heavy atom. The van der Waals surface area contributed by atoms with Crippen molar-refractivity contribution < 1.29 is 9.53 Å². The van der Waals surface area contributed by atoms with Gasteiger partial charge >= 0.3 is 5.97 Å². The molecule has 0 radical (unpaired) electrons. The molecule has 14 heavy (non-hydrogen) atoms. The molecule has 1 aromatic carbocycles. The van der Waals surface area contributed by atoms with Gasteiger partial charge in [-0.1, -0.05) is 41.9 Å². The van der Waals surface area contributed by atoms with Crippen LogP contribution in [0.15, 0.2) is 30.3 Å². The lowest BCUT2D eigenvalue weighted by atomic mass is 10.1. The van der Waals surface area contributed by atoms with Gasteiger partial charge in [0.05, 0.1) is 0 Å². The van der Waals surface area contributed by atoms with Crippen LogP contribution in [0.5, 0.6) is 0 Å². The molecular formula is C10H10ClNO2. The van der Waals surface area contributed by atoms with Crippen molar-refractivity contribution in [2.45, 2.75) is 18.1 Å². The number of hydrogen-bond donors (Lipinski definition) is 1. The highest BCUT2D eigenvalue weighted by molar-refractivity contribution is 6.20. The minimum Gasteiger partial charge on any atom is -0.431 e. The Morgan fingerprint density at radius 1 is 1.36 bits per heavy atom. The van der Waals surface area contributed by atoms with Crippen LogP contribution in [0.2, 0.25) is 0 Å². The molecule has 2 atom stereocenters. The lowest BCUT2D eigenvalue weighted by molar-refractivity contribution is -0.140. The number of nitrogens with one attached hydrogen (secondary N) is 1. The lowest BCUT2D eigenvalue weighted by Gasteiger charge is -2.05. The molecule has 1 fully saturated rings. The fraction of sp³-hybridized carbons (Fsp3) is 0.300. The molecular weight excluding hydrogens is 202 g/mol. The Kier molecular flexibility index (Phi) is 2.70. The largest absolute Gasteiger partial charge is 0.431 e. The van der Waals surface area contributed by atoms with Crippen LogP contribution in [0.1, 0.15) is 5.56 Å². The summed E-state index contributed by atoms with van der Waals surface area (Å²) < 4.78 is 4.76. The summed E-state index contributed by atoms with van der Waals surface area (Å²) in [5.74, 6) is -0.283. The Hall–Kier alpha value is -1.06. The second-order valence-corrected chi connectivity index (χ2v) is 3.56. The third kappa shape index (κ3) is 2.05. The molecule has 2 rings (SSSR count). The summed E-state index contributed by atoms with van der Waals surface area (Å²) in [6.45, 7) is 0. The summed E-state index contributed by atoms with van der Waals surface area (Å²) in [5, 5.41) is 2.85. The van der Waals surface area contributed by atoms with Crippen molar-refractivity contribution in [1.29, 1.82) is 0 Å². The first-order valence-electron chi connectivity index (χ1n) is 4.40. The van der Waals surface area contributed by atoms with Crippen LogP contribution in [-0.2, 0) is 16.0 Å². The highest BCUT2D eigenvalue weighted by Gasteiger charge is 2.31. The van der Waals surface area contributed by atoms with E-state index in [0.717, 1.165) is 5.56 Å². The number of esters is 1. The van der Waals surface area contributed by atoms with Crippen LogP contribution in [0.3, 0.4) is 0 Å². The van der Waals surface area contributed by atoms with Crippen LogP contribution in [-0.4, -0.2) is 17.7 Å². The van der Waals surface area contributed by atoms with Gasteiger partial charge in [0.2, 0.25) is 5.69 Å². The van der Waals surface area contributed by atoms with Crippen LogP contribution >= 0.6 is 11.6 Å². The first kappa shape index (κ1) is 9.49. The van der Waals surface area contributed by atoms with Crippen LogP contribution in [0.4, 0.5) is 0 Å². The molecule has 1 aromatic rings. The van der Waals surface area contributed by atoms with Crippen molar-refractivity contribution >= 4 is 17.6 Å². The monoisotopic (exact) mass is 211 g/mol. The number of halogens is 1. The minimum atomic E-state index is -0.684. The quantitative estimate of drug-likeness (QED) is 0.455. The van der Waals surface area contributed by atoms with E-state index in [4.69, 9.17) is 16.3 Å². The van der Waals surface area contributed by atoms with E-state index in [1.807, 2.05) is 30.3 Å². The fourth-order valence-corrected chi connectivity index (χ4v) is 1.68. The maximum atomic E-state index is 11.2. The molecule has 1 aliphatic heterocycles. The maximum Gasteiger partial charge on any atom is 0.326 e. The zero-order valence-electron chi connectivity index (χ0n) is 7.44. The standard InChI is InChI=1S/C10H10ClNO2/c11-10-12-8(9(13)14-10)6-7-4-2-1-3-5-7/h1-5,8,10,12H,6H2/t8-,10+/m0/s1. The number of ether oxygens (including phenoxy) is 1. The molecule has 1 N–H and O–H groups in total. The fourth-order valence-electron chi connectivity index (χ4n) is 1.44. The molecule has 0 bridgehead atoms. The molecule has 0 saturated carbocycles. The molecule has 0 aliphatic carbocycles. The minimum absolute atomic E-state index is 0.283. The van der Waals surface area contributed by atoms with E-state index in [1.54, 1.807) is 0 Å². The summed E-state index contributed by atoms with van der Waals surface area (Å²) in [5.41, 5.74) is 0.406. The average Bonchev–Trinajstić information content (AvgIpc) is 2.47. The van der Waals surface area contributed by atoms with Gasteiger partial charge in [-0.2, -0.15) is 0 Å². The van der Waals surface area contributed by atoms with Gasteiger partial charge in [0, 0.05) is 0 Å². The van der Waals surface area contributed by atoms with Gasteiger partial charge in [0.15, 0.2) is 0 Å². The van der Waals surface area contributed by atoms with Crippen LogP contribution in [0, 0.1) is 0 Å². The molecule has 0 unspecified atom stereocenters. The van der Waals surface area contributed by atoms with Crippen molar-refractivity contribution in [3.05, 3.63) is 35.9 Å². The molecule has 1 saturated heterocycles. The van der Waals surface area contributed by atoms with Crippen molar-refractivity contribution in [1.82, 2.24) is 5.32 Å². The van der Waals surface area contributed by atoms with Crippen molar-refractivity contribution in [2.24, 2.45) is 0 Å². The number of carbonyl (C=O) groups excluding carboxylic acids is 1. The van der Waals surface area contributed by atoms with Crippen LogP contribution in [0.25, 0.3) is 0 Å². The molecule has 4 heteroatoms. The van der Waals surface area contributed by atoms with Crippen molar-refractivity contribution in [3.63, 3.8) is 0 Å². The van der Waals surface area contributed by atoms with Gasteiger partial charge in [0.1, 0.15) is 6.04 Å². The van der Waals surface area contributed by atoms with Gasteiger partial charge in [0.25, 0.3) is 0 Å². The predicted octanol–water partition coefficient (Wildman–Crippen LogP) is 1.27. The highest BCUT2D eigenvalue weighted by atomic mass is 35.5. The smallest absolute Gasteiger partial charge is 0.326 e. The highest BCUT2D eigenvalue weighted by Crippen LogP contribution is 2.12. The van der Waals surface area contributed by atoms with E-state index in [0.29, 0.717) is 6.42 Å². The number of cyclic esters (lactones) is 1. The SMILES string of the molecule is O=C1O[C@H](Cl)N[C@H]1Cc1ccccc1. The van der Waals surface area contributed by atoms with Crippen LogP contribution < -0.4 is 5.32 Å². The molecule has 1 aliphatic rings. The van der Waals surface area contributed by atoms with Gasteiger partial charge in [-0.25, -0.2) is 0 Å². The van der Waals surface area contributed by atoms with E-state index >= 15 is 0 Å². The van der Waals surface area contributed by atoms with Crippen molar-refractivity contribution in [2.75, 3.05) is 0 Å². The second-order valence-electron chi connectivity index (χ2n) is 3.16. The average molecular weight is 212 g/mol. The molecule has 1 heterocycles. The number of alkyl halides is 1. The topological polar surface area (TPSA) is 38.3 Å². The number of rotatable bonds is 2. The first-order valence-corrected chi connectivity index (χ1v) is 4.84. The van der Waals surface area contributed by atoms with E-state index in [1.165, 1.54) is 0 Å². The predicted molar refractivity (Wildman–Crippen MR) is 52.8 cm³/mol. The summed E-state index contributed by atoms with van der Waals surface area (Å²) in [6, 6.07) is 9.43. The van der Waals surface area contributed by atoms with Gasteiger partial charge < -0.3 is 4.74 Å². The maximum absolute atomic E-state index is 11.2. The Morgan fingerprint density at radius 3 is 2.64 bits per heavy atom. The number of hydrogen-bond acceptors (Lipinski definition) is 3. The zero-order chi connectivity index (χ0) is 9.97. The molecule has 0 spiro atoms. The summed E-state index contributed by atoms with van der Waals surface area (Å²) >= 11 is 5.61. The Balaban J connectivity index is 2.02. The molecule has 0 amide bonds. The van der Waals surface area contributed by atoms with Gasteiger partial charge in [-0.3, -0.25) is 10.1 Å². The third-order valence-corrected chi connectivity index (χ3v) is 2.33. The Bertz CT molecular complexity index is 328. The molecule has 74 valence electrons. The molecule has 0 aromatic heterocycles. The van der Waals surface area contributed by atoms with Crippen molar-refractivity contribution in [3.8, 4) is 0 Å². The van der Waals surface area contributed by atoms with E-state index in [-0.39, 0.29) is 12.0 Å². The van der Waals surface area contributed by atoms with E-state index < -0.39 is 5.69 Å². The van der Waals surface area contributed by atoms with E-state index in [2.05, 4.69) is 5.32 Å². The summed E-state index contributed by atoms with van der Waals surface area (Å²) in [6.07, 6.45) is 0.614. The van der Waals surface area contributed by atoms with Gasteiger partial charge in [-0.15, -0.1) is 0 Å². The number of benzene rings is 1. The zero-order valence-corrected chi connectivity index (χ0v) is 8.20. The molecule has 3 nitrogen and oxygen atoms in total. The number of carbonyl (C=O) groups is 1. The third-order valence-electron chi connectivity index (χ3n) is 2.12. The normalized spacial score (nSPS) is 26.2. The lowest BCUT2D eigenvalue weighted by Crippen LogP contribution is -2.31. The van der Waals surface area contributed by atoms with E-state index in [9.17, 15) is 4.79 Å². The first-order chi connectivity index (χ1) is 6.75. The Labute approximate surface area is 87.0 Å².